The number of phenols is 1. The highest BCUT2D eigenvalue weighted by molar-refractivity contribution is 7.53. The lowest BCUT2D eigenvalue weighted by molar-refractivity contribution is 0.0941. The molecule has 0 bridgehead atoms. The smallest absolute Gasteiger partial charge is 0.410 e. The van der Waals surface area contributed by atoms with Crippen LogP contribution in [0.5, 0.6) is 23.0 Å². The number of benzene rings is 4. The maximum absolute atomic E-state index is 12.8. The van der Waals surface area contributed by atoms with Gasteiger partial charge in [0.2, 0.25) is 7.85 Å². The molecule has 2 aromatic heterocycles. The van der Waals surface area contributed by atoms with Crippen LogP contribution in [0.2, 0.25) is 0 Å². The monoisotopic (exact) mass is 1230 g/mol. The number of fused-ring (bicyclic) bond motifs is 2. The van der Waals surface area contributed by atoms with Gasteiger partial charge in [0.05, 0.1) is 51.2 Å². The average Bonchev–Trinajstić information content (AvgIpc) is 2.84. The molecule has 27 heteroatoms. The Morgan fingerprint density at radius 2 is 1.14 bits per heavy atom. The number of urea groups is 1. The summed E-state index contributed by atoms with van der Waals surface area (Å²) >= 11 is 0. The summed E-state index contributed by atoms with van der Waals surface area (Å²) in [5.74, 6) is 2.90. The van der Waals surface area contributed by atoms with Crippen LogP contribution >= 0.6 is 7.60 Å². The Hall–Kier alpha value is -7.58. The number of methoxy groups -OCH3 is 2. The summed E-state index contributed by atoms with van der Waals surface area (Å²) in [6.07, 6.45) is 3.15. The third-order valence-electron chi connectivity index (χ3n) is 15.6. The van der Waals surface area contributed by atoms with E-state index in [4.69, 9.17) is 40.9 Å². The van der Waals surface area contributed by atoms with Gasteiger partial charge in [-0.3, -0.25) is 19.2 Å². The molecular formula is C61H83BN13O12P. The number of carbonyl (C=O) groups excluding carboxylic acids is 3. The van der Waals surface area contributed by atoms with E-state index in [0.717, 1.165) is 90.6 Å². The number of aromatic nitrogens is 4. The Morgan fingerprint density at radius 3 is 1.69 bits per heavy atom. The van der Waals surface area contributed by atoms with Crippen molar-refractivity contribution in [2.45, 2.75) is 27.4 Å². The molecule has 4 fully saturated rings. The van der Waals surface area contributed by atoms with Gasteiger partial charge in [0.1, 0.15) is 37.5 Å². The molecule has 2 radical (unpaired) electrons. The highest BCUT2D eigenvalue weighted by Gasteiger charge is 2.29. The molecular weight excluding hydrogens is 1150 g/mol. The first-order chi connectivity index (χ1) is 42.7. The number of amides is 4. The van der Waals surface area contributed by atoms with Crippen LogP contribution in [0.25, 0.3) is 21.8 Å². The summed E-state index contributed by atoms with van der Waals surface area (Å²) in [5, 5.41) is 23.3. The fraction of sp³-hybridized carbons (Fsp3) is 0.492. The van der Waals surface area contributed by atoms with E-state index in [9.17, 15) is 24.1 Å². The van der Waals surface area contributed by atoms with E-state index in [0.29, 0.717) is 127 Å². The van der Waals surface area contributed by atoms with Crippen molar-refractivity contribution in [3.05, 3.63) is 103 Å². The quantitative estimate of drug-likeness (QED) is 0.0564. The molecule has 4 aromatic carbocycles. The zero-order valence-corrected chi connectivity index (χ0v) is 52.1. The Bertz CT molecular complexity index is 3230. The number of piperazine rings is 4. The van der Waals surface area contributed by atoms with E-state index in [-0.39, 0.29) is 36.9 Å². The van der Waals surface area contributed by atoms with Crippen molar-refractivity contribution in [1.29, 1.82) is 0 Å². The van der Waals surface area contributed by atoms with Gasteiger partial charge in [-0.25, -0.2) is 29.5 Å². The van der Waals surface area contributed by atoms with E-state index < -0.39 is 7.60 Å². The van der Waals surface area contributed by atoms with Crippen LogP contribution in [0, 0.1) is 6.92 Å². The summed E-state index contributed by atoms with van der Waals surface area (Å²) in [5.41, 5.74) is 4.31. The minimum absolute atomic E-state index is 0.0376. The van der Waals surface area contributed by atoms with Gasteiger partial charge in [0, 0.05) is 153 Å². The van der Waals surface area contributed by atoms with Crippen molar-refractivity contribution in [3.63, 3.8) is 0 Å². The molecule has 0 unspecified atom stereocenters. The molecule has 0 spiro atoms. The first-order valence-electron chi connectivity index (χ1n) is 30.0. The van der Waals surface area contributed by atoms with Crippen molar-refractivity contribution in [2.75, 3.05) is 186 Å². The number of ether oxygens (including phenoxy) is 4. The molecule has 10 rings (SSSR count). The summed E-state index contributed by atoms with van der Waals surface area (Å²) in [6.45, 7) is 20.9. The lowest BCUT2D eigenvalue weighted by atomic mass is 10.1. The Morgan fingerprint density at radius 1 is 0.614 bits per heavy atom. The zero-order chi connectivity index (χ0) is 62.4. The first-order valence-corrected chi connectivity index (χ1v) is 31.7. The van der Waals surface area contributed by atoms with Gasteiger partial charge in [0.25, 0.3) is 0 Å². The summed E-state index contributed by atoms with van der Waals surface area (Å²) in [6, 6.07) is 24.5. The molecule has 6 heterocycles. The standard InChI is InChI=1S/C33H48N7O6P.C21H22N4O4.C7H13BN2O2/c1-5-45-47(42,46-6-2)22-20-38-13-11-37(12-14-38)19-21-44-31-24-29-28(23-30(31)43-4)32(35-25-34-29)39-15-17-40(18-16-39)33(41)36-27-9-7-26(3)8-10-27;1-28-19-11-16-17(12-18(19)26)22-14-23-20(16)24-7-9-25(10-8-24)21(27)29-13-15-5-3-2-4-6-15;8-7(12)10-3-1-9(2-4-10)5-6-11/h7-10,23-25H,5-6,11-22H2,1-4H3,(H,36,41);2-6,11-12,14,26H,7-10,13H2,1H3;11H,1-6H2. The number of aryl methyl sites for hydroxylation is 1. The van der Waals surface area contributed by atoms with Gasteiger partial charge in [-0.1, -0.05) is 48.0 Å². The molecule has 4 amide bonds. The van der Waals surface area contributed by atoms with Gasteiger partial charge in [0.15, 0.2) is 28.8 Å². The maximum atomic E-state index is 12.8. The largest absolute Gasteiger partial charge is 0.504 e. The maximum Gasteiger partial charge on any atom is 0.410 e. The highest BCUT2D eigenvalue weighted by Crippen LogP contribution is 2.47. The lowest BCUT2D eigenvalue weighted by Crippen LogP contribution is -2.50. The number of nitrogens with zero attached hydrogens (tertiary/aromatic N) is 12. The van der Waals surface area contributed by atoms with Gasteiger partial charge in [-0.15, -0.1) is 0 Å². The number of hydrogen-bond acceptors (Lipinski definition) is 21. The molecule has 4 saturated heterocycles. The van der Waals surface area contributed by atoms with Crippen molar-refractivity contribution < 1.29 is 57.2 Å². The predicted molar refractivity (Wildman–Crippen MR) is 339 cm³/mol. The van der Waals surface area contributed by atoms with Crippen LogP contribution in [0.4, 0.5) is 31.7 Å². The van der Waals surface area contributed by atoms with Gasteiger partial charge < -0.3 is 72.9 Å². The van der Waals surface area contributed by atoms with Crippen LogP contribution < -0.4 is 29.3 Å². The Kier molecular flexibility index (Phi) is 25.0. The Labute approximate surface area is 516 Å². The molecule has 6 aromatic rings. The van der Waals surface area contributed by atoms with Crippen LogP contribution in [0.1, 0.15) is 25.0 Å². The number of aliphatic hydroxyl groups is 1. The fourth-order valence-electron chi connectivity index (χ4n) is 10.6. The molecule has 0 aliphatic carbocycles. The number of nitrogens with one attached hydrogen (secondary N) is 1. The second-order valence-corrected chi connectivity index (χ2v) is 23.5. The predicted octanol–water partition coefficient (Wildman–Crippen LogP) is 6.25. The zero-order valence-electron chi connectivity index (χ0n) is 51.2. The molecule has 3 N–H and O–H groups in total. The van der Waals surface area contributed by atoms with Gasteiger partial charge in [-0.05, 0) is 50.6 Å². The number of aromatic hydroxyl groups is 1. The first kappa shape index (κ1) is 66.4. The summed E-state index contributed by atoms with van der Waals surface area (Å²) in [7, 11) is 5.22. The second kappa shape index (κ2) is 33.1. The van der Waals surface area contributed by atoms with E-state index in [1.54, 1.807) is 35.4 Å². The second-order valence-electron chi connectivity index (χ2n) is 21.3. The fourth-order valence-corrected chi connectivity index (χ4v) is 12.2. The van der Waals surface area contributed by atoms with E-state index >= 15 is 0 Å². The number of hydrogen-bond donors (Lipinski definition) is 3. The van der Waals surface area contributed by atoms with Gasteiger partial charge in [-0.2, -0.15) is 0 Å². The minimum atomic E-state index is -3.02. The van der Waals surface area contributed by atoms with E-state index in [1.165, 1.54) is 13.4 Å². The summed E-state index contributed by atoms with van der Waals surface area (Å²) in [4.78, 5) is 69.9. The number of carbonyl (C=O) groups is 3. The SMILES string of the molecule is CCOP(=O)(CCN1CCN(CCOc2cc3ncnc(N4CCN(C(=O)Nc5ccc(C)cc5)CC4)c3cc2OC)CC1)OCC.COc1cc2c(N3CCN(C(=O)OCc4ccccc4)CC3)ncnc2cc1O.[B]C(=O)N1CCN(CCO)CC1. The normalized spacial score (nSPS) is 16.1. The number of phenolic OH excluding ortho intramolecular Hbond substituents is 1. The van der Waals surface area contributed by atoms with Crippen molar-refractivity contribution in [3.8, 4) is 23.0 Å². The third-order valence-corrected chi connectivity index (χ3v) is 17.6. The van der Waals surface area contributed by atoms with Gasteiger partial charge >= 0.3 is 19.7 Å². The average molecular weight is 1230 g/mol. The van der Waals surface area contributed by atoms with E-state index in [1.807, 2.05) is 92.4 Å². The van der Waals surface area contributed by atoms with Crippen LogP contribution in [-0.4, -0.2) is 256 Å². The minimum Gasteiger partial charge on any atom is -0.504 e. The number of anilines is 3. The number of β-amino-alcohol motifs (C(OH)–C–C–N with tert-alkyl or cyclic N) is 1. The molecule has 0 atom stereocenters. The summed E-state index contributed by atoms with van der Waals surface area (Å²) < 4.78 is 46.2. The third kappa shape index (κ3) is 18.7. The Balaban J connectivity index is 0.000000205. The lowest BCUT2D eigenvalue weighted by Gasteiger charge is -2.35. The van der Waals surface area contributed by atoms with Crippen molar-refractivity contribution in [2.24, 2.45) is 0 Å². The van der Waals surface area contributed by atoms with Crippen molar-refractivity contribution >= 4 is 72.5 Å². The molecule has 25 nitrogen and oxygen atoms in total. The van der Waals surface area contributed by atoms with Crippen LogP contribution in [-0.2, 0) is 25.0 Å². The number of rotatable bonds is 20. The molecule has 4 aliphatic heterocycles. The molecule has 88 heavy (non-hydrogen) atoms. The van der Waals surface area contributed by atoms with Crippen LogP contribution in [0.15, 0.2) is 91.5 Å². The topological polar surface area (TPSA) is 254 Å². The van der Waals surface area contributed by atoms with Crippen molar-refractivity contribution in [1.82, 2.24) is 49.3 Å². The number of aliphatic hydroxyl groups excluding tert-OH is 1. The highest BCUT2D eigenvalue weighted by atomic mass is 31.2. The molecule has 472 valence electrons. The molecule has 4 aliphatic rings. The van der Waals surface area contributed by atoms with Crippen LogP contribution in [0.3, 0.4) is 0 Å². The molecule has 0 saturated carbocycles. The van der Waals surface area contributed by atoms with E-state index in [2.05, 4.69) is 49.8 Å².